The molecule has 0 spiro atoms. The number of nitrogens with zero attached hydrogens (tertiary/aromatic N) is 2. The van der Waals surface area contributed by atoms with Gasteiger partial charge in [0.25, 0.3) is 0 Å². The van der Waals surface area contributed by atoms with Gasteiger partial charge in [0.05, 0.1) is 6.04 Å². The quantitative estimate of drug-likeness (QED) is 0.911. The largest absolute Gasteiger partial charge is 0.339 e. The van der Waals surface area contributed by atoms with E-state index in [0.29, 0.717) is 16.7 Å². The number of hydrogen-bond donors (Lipinski definition) is 1. The summed E-state index contributed by atoms with van der Waals surface area (Å²) in [4.78, 5) is 4.27. The lowest BCUT2D eigenvalue weighted by Gasteiger charge is -2.08. The average molecular weight is 252 g/mol. The van der Waals surface area contributed by atoms with Gasteiger partial charge in [0.2, 0.25) is 5.89 Å². The normalized spacial score (nSPS) is 13.0. The van der Waals surface area contributed by atoms with Gasteiger partial charge in [-0.05, 0) is 11.6 Å². The molecule has 0 saturated carbocycles. The fourth-order valence-electron chi connectivity index (χ4n) is 1.47. The third-order valence-corrected chi connectivity index (χ3v) is 2.81. The lowest BCUT2D eigenvalue weighted by molar-refractivity contribution is 0.359. The van der Waals surface area contributed by atoms with Crippen LogP contribution in [0.25, 0.3) is 0 Å². The van der Waals surface area contributed by atoms with Crippen LogP contribution in [0.2, 0.25) is 5.02 Å². The summed E-state index contributed by atoms with van der Waals surface area (Å²) in [6.07, 6.45) is 0. The van der Waals surface area contributed by atoms with Crippen LogP contribution in [0, 0.1) is 0 Å². The highest BCUT2D eigenvalue weighted by atomic mass is 35.5. The van der Waals surface area contributed by atoms with E-state index in [2.05, 4.69) is 10.1 Å². The van der Waals surface area contributed by atoms with Crippen LogP contribution in [0.1, 0.15) is 43.1 Å². The molecule has 0 saturated heterocycles. The summed E-state index contributed by atoms with van der Waals surface area (Å²) in [6.45, 7) is 3.97. The molecule has 1 unspecified atom stereocenters. The van der Waals surface area contributed by atoms with Crippen molar-refractivity contribution in [2.24, 2.45) is 5.73 Å². The van der Waals surface area contributed by atoms with Crippen LogP contribution in [-0.4, -0.2) is 10.1 Å². The van der Waals surface area contributed by atoms with E-state index in [1.807, 2.05) is 32.0 Å². The Bertz CT molecular complexity index is 510. The van der Waals surface area contributed by atoms with E-state index >= 15 is 0 Å². The van der Waals surface area contributed by atoms with Gasteiger partial charge in [-0.3, -0.25) is 0 Å². The number of hydrogen-bond acceptors (Lipinski definition) is 4. The maximum absolute atomic E-state index is 6.07. The van der Waals surface area contributed by atoms with E-state index in [-0.39, 0.29) is 5.92 Å². The molecule has 2 rings (SSSR count). The summed E-state index contributed by atoms with van der Waals surface area (Å²) in [6, 6.07) is 6.93. The number of halogens is 1. The van der Waals surface area contributed by atoms with Gasteiger partial charge in [-0.2, -0.15) is 4.98 Å². The number of nitrogens with two attached hydrogens (primary N) is 1. The summed E-state index contributed by atoms with van der Waals surface area (Å²) < 4.78 is 5.12. The van der Waals surface area contributed by atoms with Crippen LogP contribution in [0.15, 0.2) is 28.8 Å². The van der Waals surface area contributed by atoms with Crippen LogP contribution in [-0.2, 0) is 0 Å². The van der Waals surface area contributed by atoms with E-state index in [1.54, 1.807) is 6.07 Å². The molecule has 5 heteroatoms. The first kappa shape index (κ1) is 12.1. The fraction of sp³-hybridized carbons (Fsp3) is 0.333. The molecule has 90 valence electrons. The zero-order valence-corrected chi connectivity index (χ0v) is 10.5. The van der Waals surface area contributed by atoms with Gasteiger partial charge >= 0.3 is 0 Å². The SMILES string of the molecule is CC(C)c1nc(C(N)c2ccccc2Cl)no1. The Morgan fingerprint density at radius 2 is 2.00 bits per heavy atom. The smallest absolute Gasteiger partial charge is 0.229 e. The maximum Gasteiger partial charge on any atom is 0.229 e. The lowest BCUT2D eigenvalue weighted by atomic mass is 10.1. The average Bonchev–Trinajstić information content (AvgIpc) is 2.78. The lowest BCUT2D eigenvalue weighted by Crippen LogP contribution is -2.14. The zero-order chi connectivity index (χ0) is 12.4. The van der Waals surface area contributed by atoms with Crippen molar-refractivity contribution in [3.8, 4) is 0 Å². The van der Waals surface area contributed by atoms with Crippen LogP contribution < -0.4 is 5.73 Å². The van der Waals surface area contributed by atoms with Crippen LogP contribution >= 0.6 is 11.6 Å². The van der Waals surface area contributed by atoms with Crippen molar-refractivity contribution in [1.29, 1.82) is 0 Å². The minimum atomic E-state index is -0.458. The molecule has 2 N–H and O–H groups in total. The van der Waals surface area contributed by atoms with Crippen molar-refractivity contribution < 1.29 is 4.52 Å². The molecule has 0 aliphatic carbocycles. The predicted octanol–water partition coefficient (Wildman–Crippen LogP) is 2.89. The molecular weight excluding hydrogens is 238 g/mol. The summed E-state index contributed by atoms with van der Waals surface area (Å²) in [5.74, 6) is 1.24. The van der Waals surface area contributed by atoms with Gasteiger partial charge in [-0.15, -0.1) is 0 Å². The minimum Gasteiger partial charge on any atom is -0.339 e. The third-order valence-electron chi connectivity index (χ3n) is 2.47. The van der Waals surface area contributed by atoms with E-state index in [0.717, 1.165) is 5.56 Å². The van der Waals surface area contributed by atoms with E-state index in [4.69, 9.17) is 21.9 Å². The van der Waals surface area contributed by atoms with Crippen molar-refractivity contribution in [2.45, 2.75) is 25.8 Å². The Balaban J connectivity index is 2.31. The van der Waals surface area contributed by atoms with Crippen LogP contribution in [0.3, 0.4) is 0 Å². The fourth-order valence-corrected chi connectivity index (χ4v) is 1.73. The number of aromatic nitrogens is 2. The molecule has 1 aromatic carbocycles. The summed E-state index contributed by atoms with van der Waals surface area (Å²) in [7, 11) is 0. The van der Waals surface area contributed by atoms with Gasteiger partial charge in [0.1, 0.15) is 0 Å². The standard InChI is InChI=1S/C12H14ClN3O/c1-7(2)12-15-11(16-17-12)10(14)8-5-3-4-6-9(8)13/h3-7,10H,14H2,1-2H3. The molecule has 1 heterocycles. The minimum absolute atomic E-state index is 0.190. The van der Waals surface area contributed by atoms with Gasteiger partial charge in [0.15, 0.2) is 5.82 Å². The Kier molecular flexibility index (Phi) is 3.45. The van der Waals surface area contributed by atoms with Crippen LogP contribution in [0.4, 0.5) is 0 Å². The second-order valence-electron chi connectivity index (χ2n) is 4.14. The summed E-state index contributed by atoms with van der Waals surface area (Å²) in [5, 5.41) is 4.49. The second kappa shape index (κ2) is 4.85. The molecule has 2 aromatic rings. The van der Waals surface area contributed by atoms with Crippen LogP contribution in [0.5, 0.6) is 0 Å². The van der Waals surface area contributed by atoms with E-state index in [9.17, 15) is 0 Å². The van der Waals surface area contributed by atoms with Crippen molar-refractivity contribution >= 4 is 11.6 Å². The van der Waals surface area contributed by atoms with Crippen molar-refractivity contribution in [2.75, 3.05) is 0 Å². The van der Waals surface area contributed by atoms with Gasteiger partial charge in [-0.25, -0.2) is 0 Å². The van der Waals surface area contributed by atoms with Gasteiger partial charge < -0.3 is 10.3 Å². The highest BCUT2D eigenvalue weighted by Crippen LogP contribution is 2.25. The summed E-state index contributed by atoms with van der Waals surface area (Å²) in [5.41, 5.74) is 6.86. The first-order chi connectivity index (χ1) is 8.09. The van der Waals surface area contributed by atoms with Gasteiger partial charge in [0, 0.05) is 10.9 Å². The topological polar surface area (TPSA) is 64.9 Å². The molecular formula is C12H14ClN3O. The van der Waals surface area contributed by atoms with Crippen molar-refractivity contribution in [3.63, 3.8) is 0 Å². The molecule has 0 fully saturated rings. The van der Waals surface area contributed by atoms with Crippen molar-refractivity contribution in [1.82, 2.24) is 10.1 Å². The highest BCUT2D eigenvalue weighted by molar-refractivity contribution is 6.31. The van der Waals surface area contributed by atoms with E-state index in [1.165, 1.54) is 0 Å². The summed E-state index contributed by atoms with van der Waals surface area (Å²) >= 11 is 6.07. The first-order valence-electron chi connectivity index (χ1n) is 5.43. The Hall–Kier alpha value is -1.39. The molecule has 0 aliphatic rings. The molecule has 0 aliphatic heterocycles. The molecule has 0 bridgehead atoms. The van der Waals surface area contributed by atoms with Crippen molar-refractivity contribution in [3.05, 3.63) is 46.6 Å². The highest BCUT2D eigenvalue weighted by Gasteiger charge is 2.19. The molecule has 1 aromatic heterocycles. The molecule has 0 amide bonds. The zero-order valence-electron chi connectivity index (χ0n) is 9.72. The molecule has 4 nitrogen and oxygen atoms in total. The number of rotatable bonds is 3. The van der Waals surface area contributed by atoms with Gasteiger partial charge in [-0.1, -0.05) is 48.8 Å². The third kappa shape index (κ3) is 2.48. The monoisotopic (exact) mass is 251 g/mol. The molecule has 1 atom stereocenters. The second-order valence-corrected chi connectivity index (χ2v) is 4.55. The Morgan fingerprint density at radius 3 is 2.59 bits per heavy atom. The maximum atomic E-state index is 6.07. The molecule has 17 heavy (non-hydrogen) atoms. The number of benzene rings is 1. The first-order valence-corrected chi connectivity index (χ1v) is 5.81. The Labute approximate surface area is 105 Å². The molecule has 0 radical (unpaired) electrons. The van der Waals surface area contributed by atoms with E-state index < -0.39 is 6.04 Å². The predicted molar refractivity (Wildman–Crippen MR) is 65.9 cm³/mol. The Morgan fingerprint density at radius 1 is 1.29 bits per heavy atom.